The summed E-state index contributed by atoms with van der Waals surface area (Å²) in [4.78, 5) is 12.9. The quantitative estimate of drug-likeness (QED) is 0.757. The van der Waals surface area contributed by atoms with Gasteiger partial charge in [0.15, 0.2) is 11.5 Å². The van der Waals surface area contributed by atoms with Gasteiger partial charge in [-0.05, 0) is 35.9 Å². The number of carbonyl (C=O) groups is 1. The highest BCUT2D eigenvalue weighted by molar-refractivity contribution is 5.91. The number of amides is 1. The third-order valence-electron chi connectivity index (χ3n) is 3.59. The van der Waals surface area contributed by atoms with Crippen molar-refractivity contribution in [1.29, 1.82) is 0 Å². The summed E-state index contributed by atoms with van der Waals surface area (Å²) in [6, 6.07) is 8.11. The fraction of sp³-hybridized carbons (Fsp3) is 0.278. The topological polar surface area (TPSA) is 51.9 Å². The first kappa shape index (κ1) is 17.9. The first-order valence-electron chi connectivity index (χ1n) is 7.86. The number of alkyl halides is 3. The maximum atomic E-state index is 12.8. The molecule has 0 spiro atoms. The molecule has 1 aliphatic heterocycles. The van der Waals surface area contributed by atoms with Gasteiger partial charge in [-0.2, -0.15) is 13.2 Å². The predicted molar refractivity (Wildman–Crippen MR) is 86.6 cm³/mol. The van der Waals surface area contributed by atoms with Crippen molar-refractivity contribution in [2.75, 3.05) is 19.8 Å². The Morgan fingerprint density at radius 3 is 2.62 bits per heavy atom. The summed E-state index contributed by atoms with van der Waals surface area (Å²) in [6.45, 7) is -0.754. The van der Waals surface area contributed by atoms with Crippen LogP contribution in [0.2, 0.25) is 0 Å². The van der Waals surface area contributed by atoms with Crippen LogP contribution in [-0.2, 0) is 11.3 Å². The monoisotopic (exact) mass is 367 g/mol. The molecule has 1 aliphatic rings. The van der Waals surface area contributed by atoms with E-state index in [4.69, 9.17) is 13.9 Å². The Morgan fingerprint density at radius 2 is 1.92 bits per heavy atom. The van der Waals surface area contributed by atoms with E-state index < -0.39 is 18.6 Å². The molecule has 0 radical (unpaired) electrons. The average molecular weight is 367 g/mol. The Bertz CT molecular complexity index is 784. The van der Waals surface area contributed by atoms with E-state index in [9.17, 15) is 18.0 Å². The molecular weight excluding hydrogens is 351 g/mol. The van der Waals surface area contributed by atoms with Crippen LogP contribution in [0.1, 0.15) is 11.3 Å². The molecule has 0 bridgehead atoms. The number of hydrogen-bond acceptors (Lipinski definition) is 4. The van der Waals surface area contributed by atoms with Crippen LogP contribution in [0, 0.1) is 0 Å². The van der Waals surface area contributed by atoms with Crippen LogP contribution in [-0.4, -0.2) is 36.7 Å². The minimum Gasteiger partial charge on any atom is -0.486 e. The van der Waals surface area contributed by atoms with Crippen LogP contribution in [0.25, 0.3) is 6.08 Å². The van der Waals surface area contributed by atoms with Crippen LogP contribution < -0.4 is 9.47 Å². The molecule has 5 nitrogen and oxygen atoms in total. The number of fused-ring (bicyclic) bond motifs is 1. The number of benzene rings is 1. The zero-order valence-corrected chi connectivity index (χ0v) is 13.7. The first-order valence-corrected chi connectivity index (χ1v) is 7.86. The van der Waals surface area contributed by atoms with Crippen molar-refractivity contribution >= 4 is 12.0 Å². The van der Waals surface area contributed by atoms with Crippen molar-refractivity contribution in [1.82, 2.24) is 4.90 Å². The van der Waals surface area contributed by atoms with Gasteiger partial charge in [-0.3, -0.25) is 4.79 Å². The molecule has 2 aromatic rings. The lowest BCUT2D eigenvalue weighted by Gasteiger charge is -2.21. The van der Waals surface area contributed by atoms with Crippen molar-refractivity contribution < 1.29 is 31.9 Å². The van der Waals surface area contributed by atoms with E-state index >= 15 is 0 Å². The summed E-state index contributed by atoms with van der Waals surface area (Å²) in [6.07, 6.45) is -0.629. The van der Waals surface area contributed by atoms with E-state index in [1.165, 1.54) is 18.4 Å². The molecule has 8 heteroatoms. The Kier molecular flexibility index (Phi) is 5.20. The highest BCUT2D eigenvalue weighted by Crippen LogP contribution is 2.31. The SMILES string of the molecule is O=C(/C=C/c1ccc2c(c1)OCCO2)N(Cc1ccco1)CC(F)(F)F. The van der Waals surface area contributed by atoms with Gasteiger partial charge in [-0.25, -0.2) is 0 Å². The van der Waals surface area contributed by atoms with Crippen molar-refractivity contribution in [3.63, 3.8) is 0 Å². The second-order valence-corrected chi connectivity index (χ2v) is 5.63. The minimum atomic E-state index is -4.51. The molecule has 0 N–H and O–H groups in total. The zero-order valence-electron chi connectivity index (χ0n) is 13.7. The predicted octanol–water partition coefficient (Wildman–Crippen LogP) is 3.66. The van der Waals surface area contributed by atoms with Crippen LogP contribution >= 0.6 is 0 Å². The summed E-state index contributed by atoms with van der Waals surface area (Å²) in [5.74, 6) is 0.633. The van der Waals surface area contributed by atoms with Gasteiger partial charge in [-0.1, -0.05) is 6.07 Å². The summed E-state index contributed by atoms with van der Waals surface area (Å²) >= 11 is 0. The van der Waals surface area contributed by atoms with E-state index in [1.807, 2.05) is 0 Å². The molecule has 3 rings (SSSR count). The number of nitrogens with zero attached hydrogens (tertiary/aromatic N) is 1. The molecule has 0 aliphatic carbocycles. The van der Waals surface area contributed by atoms with E-state index in [2.05, 4.69) is 0 Å². The zero-order chi connectivity index (χ0) is 18.6. The van der Waals surface area contributed by atoms with E-state index in [1.54, 1.807) is 24.3 Å². The summed E-state index contributed by atoms with van der Waals surface area (Å²) < 4.78 is 54.2. The van der Waals surface area contributed by atoms with Gasteiger partial charge in [0, 0.05) is 6.08 Å². The molecule has 0 fully saturated rings. The van der Waals surface area contributed by atoms with E-state index in [0.29, 0.717) is 35.2 Å². The number of furan rings is 1. The molecule has 1 aromatic carbocycles. The lowest BCUT2D eigenvalue weighted by molar-refractivity contribution is -0.159. The summed E-state index contributed by atoms with van der Waals surface area (Å²) in [7, 11) is 0. The van der Waals surface area contributed by atoms with Crippen molar-refractivity contribution in [2.24, 2.45) is 0 Å². The normalized spacial score (nSPS) is 13.8. The second kappa shape index (κ2) is 7.55. The molecule has 26 heavy (non-hydrogen) atoms. The van der Waals surface area contributed by atoms with E-state index in [0.717, 1.165) is 6.08 Å². The minimum absolute atomic E-state index is 0.267. The van der Waals surface area contributed by atoms with E-state index in [-0.39, 0.29) is 12.3 Å². The largest absolute Gasteiger partial charge is 0.486 e. The Labute approximate surface area is 147 Å². The number of ether oxygens (including phenoxy) is 2. The summed E-state index contributed by atoms with van der Waals surface area (Å²) in [5, 5.41) is 0. The molecule has 138 valence electrons. The van der Waals surface area contributed by atoms with Crippen molar-refractivity contribution in [3.8, 4) is 11.5 Å². The van der Waals surface area contributed by atoms with Gasteiger partial charge in [0.05, 0.1) is 12.8 Å². The Hall–Kier alpha value is -2.90. The molecule has 1 amide bonds. The van der Waals surface area contributed by atoms with Gasteiger partial charge in [0.1, 0.15) is 25.5 Å². The highest BCUT2D eigenvalue weighted by atomic mass is 19.4. The maximum absolute atomic E-state index is 12.8. The molecule has 0 atom stereocenters. The van der Waals surface area contributed by atoms with Crippen LogP contribution in [0.15, 0.2) is 47.1 Å². The van der Waals surface area contributed by atoms with Gasteiger partial charge >= 0.3 is 6.18 Å². The second-order valence-electron chi connectivity index (χ2n) is 5.63. The molecular formula is C18H16F3NO4. The smallest absolute Gasteiger partial charge is 0.406 e. The lowest BCUT2D eigenvalue weighted by atomic mass is 10.1. The van der Waals surface area contributed by atoms with Crippen molar-refractivity contribution in [2.45, 2.75) is 12.7 Å². The van der Waals surface area contributed by atoms with Crippen LogP contribution in [0.5, 0.6) is 11.5 Å². The van der Waals surface area contributed by atoms with Crippen molar-refractivity contribution in [3.05, 3.63) is 54.0 Å². The number of hydrogen-bond donors (Lipinski definition) is 0. The number of rotatable bonds is 5. The fourth-order valence-electron chi connectivity index (χ4n) is 2.46. The number of carbonyl (C=O) groups excluding carboxylic acids is 1. The Morgan fingerprint density at radius 1 is 1.15 bits per heavy atom. The molecule has 0 unspecified atom stereocenters. The molecule has 1 aromatic heterocycles. The maximum Gasteiger partial charge on any atom is 0.406 e. The standard InChI is InChI=1S/C18H16F3NO4/c19-18(20,21)12-22(11-14-2-1-7-24-14)17(23)6-4-13-3-5-15-16(10-13)26-9-8-25-15/h1-7,10H,8-9,11-12H2/b6-4+. The number of halogens is 3. The third-order valence-corrected chi connectivity index (χ3v) is 3.59. The van der Waals surface area contributed by atoms with Crippen LogP contribution in [0.3, 0.4) is 0 Å². The fourth-order valence-corrected chi connectivity index (χ4v) is 2.46. The van der Waals surface area contributed by atoms with Gasteiger partial charge in [0.25, 0.3) is 0 Å². The molecule has 2 heterocycles. The Balaban J connectivity index is 1.72. The third kappa shape index (κ3) is 4.81. The molecule has 0 saturated carbocycles. The van der Waals surface area contributed by atoms with Gasteiger partial charge in [-0.15, -0.1) is 0 Å². The van der Waals surface area contributed by atoms with Gasteiger partial charge < -0.3 is 18.8 Å². The van der Waals surface area contributed by atoms with Crippen LogP contribution in [0.4, 0.5) is 13.2 Å². The summed E-state index contributed by atoms with van der Waals surface area (Å²) in [5.41, 5.74) is 0.618. The lowest BCUT2D eigenvalue weighted by Crippen LogP contribution is -2.37. The first-order chi connectivity index (χ1) is 12.4. The van der Waals surface area contributed by atoms with Gasteiger partial charge in [0.2, 0.25) is 5.91 Å². The molecule has 0 saturated heterocycles. The average Bonchev–Trinajstić information content (AvgIpc) is 3.11. The highest BCUT2D eigenvalue weighted by Gasteiger charge is 2.32.